The van der Waals surface area contributed by atoms with Crippen molar-refractivity contribution in [2.24, 2.45) is 11.8 Å². The minimum atomic E-state index is -0.464. The summed E-state index contributed by atoms with van der Waals surface area (Å²) in [6.45, 7) is 6.11. The summed E-state index contributed by atoms with van der Waals surface area (Å²) in [4.78, 5) is 2.45. The third kappa shape index (κ3) is 2.52. The molecule has 0 radical (unpaired) electrons. The minimum Gasteiger partial charge on any atom is -0.497 e. The van der Waals surface area contributed by atoms with E-state index >= 15 is 0 Å². The summed E-state index contributed by atoms with van der Waals surface area (Å²) in [6, 6.07) is 12.5. The van der Waals surface area contributed by atoms with Gasteiger partial charge in [0.15, 0.2) is 0 Å². The van der Waals surface area contributed by atoms with Crippen LogP contribution in [0.15, 0.2) is 49.1 Å². The predicted molar refractivity (Wildman–Crippen MR) is 97.2 cm³/mol. The van der Waals surface area contributed by atoms with Crippen LogP contribution in [0.4, 0.5) is 0 Å². The van der Waals surface area contributed by atoms with Crippen molar-refractivity contribution in [3.8, 4) is 5.75 Å². The first-order valence-corrected chi connectivity index (χ1v) is 8.82. The highest BCUT2D eigenvalue weighted by molar-refractivity contribution is 5.87. The van der Waals surface area contributed by atoms with Crippen molar-refractivity contribution in [1.82, 2.24) is 4.90 Å². The van der Waals surface area contributed by atoms with Crippen LogP contribution in [0.1, 0.15) is 24.5 Å². The van der Waals surface area contributed by atoms with Crippen LogP contribution in [-0.2, 0) is 0 Å². The van der Waals surface area contributed by atoms with Gasteiger partial charge in [-0.25, -0.2) is 0 Å². The first-order valence-electron chi connectivity index (χ1n) is 8.82. The molecule has 0 spiro atoms. The number of ether oxygens (including phenoxy) is 1. The number of fused-ring (bicyclic) bond motifs is 4. The number of nitrogens with zero attached hydrogens (tertiary/aromatic N) is 1. The lowest BCUT2D eigenvalue weighted by atomic mass is 9.73. The smallest absolute Gasteiger partial charge is 0.119 e. The van der Waals surface area contributed by atoms with E-state index in [0.29, 0.717) is 11.8 Å². The van der Waals surface area contributed by atoms with Gasteiger partial charge in [-0.15, -0.1) is 6.58 Å². The van der Waals surface area contributed by atoms with Crippen molar-refractivity contribution in [3.05, 3.63) is 54.6 Å². The molecule has 2 aromatic carbocycles. The summed E-state index contributed by atoms with van der Waals surface area (Å²) in [5.41, 5.74) is 1.01. The third-order valence-electron chi connectivity index (χ3n) is 5.96. The Labute approximate surface area is 143 Å². The zero-order valence-corrected chi connectivity index (χ0v) is 14.2. The molecule has 3 heteroatoms. The molecule has 0 amide bonds. The van der Waals surface area contributed by atoms with E-state index in [1.807, 2.05) is 18.2 Å². The Balaban J connectivity index is 1.69. The van der Waals surface area contributed by atoms with Crippen LogP contribution in [0.5, 0.6) is 5.75 Å². The maximum atomic E-state index is 11.2. The van der Waals surface area contributed by atoms with Gasteiger partial charge in [-0.2, -0.15) is 0 Å². The molecule has 0 aromatic heterocycles. The second-order valence-corrected chi connectivity index (χ2v) is 7.13. The molecular weight excluding hydrogens is 298 g/mol. The molecule has 3 fully saturated rings. The average Bonchev–Trinajstić information content (AvgIpc) is 2.66. The van der Waals surface area contributed by atoms with E-state index in [4.69, 9.17) is 4.74 Å². The average molecular weight is 323 g/mol. The van der Waals surface area contributed by atoms with E-state index in [-0.39, 0.29) is 6.04 Å². The highest BCUT2D eigenvalue weighted by Gasteiger charge is 2.42. The molecule has 0 aliphatic carbocycles. The Hall–Kier alpha value is -1.84. The van der Waals surface area contributed by atoms with Gasteiger partial charge in [-0.05, 0) is 59.7 Å². The highest BCUT2D eigenvalue weighted by atomic mass is 16.5. The lowest BCUT2D eigenvalue weighted by molar-refractivity contribution is -0.0444. The van der Waals surface area contributed by atoms with Gasteiger partial charge in [0.2, 0.25) is 0 Å². The van der Waals surface area contributed by atoms with Crippen LogP contribution in [0, 0.1) is 11.8 Å². The van der Waals surface area contributed by atoms with E-state index in [1.165, 1.54) is 6.42 Å². The number of hydrogen-bond acceptors (Lipinski definition) is 3. The Kier molecular flexibility index (Phi) is 4.07. The van der Waals surface area contributed by atoms with Gasteiger partial charge >= 0.3 is 0 Å². The monoisotopic (exact) mass is 323 g/mol. The van der Waals surface area contributed by atoms with Crippen LogP contribution >= 0.6 is 0 Å². The SMILES string of the molecule is C=C[C@H]1CN2CCC1C[C@H]2[C@H](O)c1cccc2ccc(OC)cc12. The van der Waals surface area contributed by atoms with Gasteiger partial charge in [0, 0.05) is 12.6 Å². The van der Waals surface area contributed by atoms with E-state index in [2.05, 4.69) is 35.8 Å². The van der Waals surface area contributed by atoms with Crippen molar-refractivity contribution >= 4 is 10.8 Å². The second-order valence-electron chi connectivity index (χ2n) is 7.13. The highest BCUT2D eigenvalue weighted by Crippen LogP contribution is 2.42. The van der Waals surface area contributed by atoms with E-state index in [9.17, 15) is 5.11 Å². The van der Waals surface area contributed by atoms with Crippen molar-refractivity contribution in [2.45, 2.75) is 25.0 Å². The zero-order valence-electron chi connectivity index (χ0n) is 14.2. The van der Waals surface area contributed by atoms with Gasteiger partial charge in [-0.1, -0.05) is 30.3 Å². The van der Waals surface area contributed by atoms with Crippen molar-refractivity contribution in [2.75, 3.05) is 20.2 Å². The molecule has 3 nitrogen and oxygen atoms in total. The molecule has 126 valence electrons. The van der Waals surface area contributed by atoms with Crippen LogP contribution in [0.3, 0.4) is 0 Å². The summed E-state index contributed by atoms with van der Waals surface area (Å²) in [5.74, 6) is 2.07. The quantitative estimate of drug-likeness (QED) is 0.869. The number of rotatable bonds is 4. The molecule has 3 aliphatic heterocycles. The largest absolute Gasteiger partial charge is 0.497 e. The topological polar surface area (TPSA) is 32.7 Å². The Morgan fingerprint density at radius 1 is 1.33 bits per heavy atom. The molecule has 5 atom stereocenters. The van der Waals surface area contributed by atoms with Gasteiger partial charge in [-0.3, -0.25) is 4.90 Å². The number of aliphatic hydroxyl groups is 1. The summed E-state index contributed by atoms with van der Waals surface area (Å²) in [5, 5.41) is 13.4. The molecule has 24 heavy (non-hydrogen) atoms. The van der Waals surface area contributed by atoms with Crippen molar-refractivity contribution in [1.29, 1.82) is 0 Å². The van der Waals surface area contributed by atoms with Gasteiger partial charge in [0.05, 0.1) is 13.2 Å². The molecule has 2 bridgehead atoms. The van der Waals surface area contributed by atoms with Crippen LogP contribution < -0.4 is 4.74 Å². The number of hydrogen-bond donors (Lipinski definition) is 1. The van der Waals surface area contributed by atoms with Gasteiger partial charge in [0.1, 0.15) is 5.75 Å². The molecule has 5 rings (SSSR count). The molecule has 3 saturated heterocycles. The van der Waals surface area contributed by atoms with Crippen molar-refractivity contribution < 1.29 is 9.84 Å². The fourth-order valence-electron chi connectivity index (χ4n) is 4.57. The molecule has 3 aliphatic rings. The summed E-state index contributed by atoms with van der Waals surface area (Å²) in [7, 11) is 1.68. The fourth-order valence-corrected chi connectivity index (χ4v) is 4.57. The summed E-state index contributed by atoms with van der Waals surface area (Å²) >= 11 is 0. The standard InChI is InChI=1S/C21H25NO2/c1-3-14-13-22-10-9-16(14)11-20(22)21(23)18-6-4-5-15-7-8-17(24-2)12-19(15)18/h3-8,12,14,16,20-21,23H,1,9-11,13H2,2H3/t14-,16?,20-,21+/m0/s1. The lowest BCUT2D eigenvalue weighted by Crippen LogP contribution is -2.54. The number of aliphatic hydroxyl groups excluding tert-OH is 1. The second kappa shape index (κ2) is 6.23. The fraction of sp³-hybridized carbons (Fsp3) is 0.429. The van der Waals surface area contributed by atoms with E-state index < -0.39 is 6.10 Å². The molecule has 0 saturated carbocycles. The third-order valence-corrected chi connectivity index (χ3v) is 5.96. The normalized spacial score (nSPS) is 30.2. The summed E-state index contributed by atoms with van der Waals surface area (Å²) in [6.07, 6.45) is 3.92. The van der Waals surface area contributed by atoms with Crippen LogP contribution in [-0.4, -0.2) is 36.2 Å². The summed E-state index contributed by atoms with van der Waals surface area (Å²) < 4.78 is 5.38. The minimum absolute atomic E-state index is 0.205. The van der Waals surface area contributed by atoms with E-state index in [1.54, 1.807) is 7.11 Å². The predicted octanol–water partition coefficient (Wildman–Crippen LogP) is 3.78. The Morgan fingerprint density at radius 2 is 2.21 bits per heavy atom. The molecule has 3 heterocycles. The van der Waals surface area contributed by atoms with Gasteiger partial charge < -0.3 is 9.84 Å². The first-order chi connectivity index (χ1) is 11.7. The molecule has 2 unspecified atom stereocenters. The first kappa shape index (κ1) is 15.7. The van der Waals surface area contributed by atoms with Crippen LogP contribution in [0.2, 0.25) is 0 Å². The zero-order chi connectivity index (χ0) is 16.7. The Bertz CT molecular complexity index is 757. The van der Waals surface area contributed by atoms with Crippen LogP contribution in [0.25, 0.3) is 10.8 Å². The number of methoxy groups -OCH3 is 1. The maximum absolute atomic E-state index is 11.2. The lowest BCUT2D eigenvalue weighted by Gasteiger charge is -2.50. The number of benzene rings is 2. The maximum Gasteiger partial charge on any atom is 0.119 e. The Morgan fingerprint density at radius 3 is 2.92 bits per heavy atom. The van der Waals surface area contributed by atoms with Gasteiger partial charge in [0.25, 0.3) is 0 Å². The van der Waals surface area contributed by atoms with Crippen molar-refractivity contribution in [3.63, 3.8) is 0 Å². The molecule has 1 N–H and O–H groups in total. The van der Waals surface area contributed by atoms with E-state index in [0.717, 1.165) is 41.6 Å². The molecular formula is C21H25NO2. The molecule has 2 aromatic rings. The number of piperidine rings is 3.